The van der Waals surface area contributed by atoms with E-state index in [-0.39, 0.29) is 0 Å². The summed E-state index contributed by atoms with van der Waals surface area (Å²) in [5.41, 5.74) is 3.77. The second-order valence-electron chi connectivity index (χ2n) is 8.30. The average Bonchev–Trinajstić information content (AvgIpc) is 3.44. The number of ketones is 1. The van der Waals surface area contributed by atoms with Gasteiger partial charge in [0.2, 0.25) is 0 Å². The van der Waals surface area contributed by atoms with Crippen molar-refractivity contribution in [3.05, 3.63) is 41.1 Å². The number of allylic oxidation sites excluding steroid dienone is 2. The molecule has 3 atom stereocenters. The number of carbonyl (C=O) groups is 1. The van der Waals surface area contributed by atoms with Crippen molar-refractivity contribution in [1.29, 1.82) is 0 Å². The lowest BCUT2D eigenvalue weighted by Gasteiger charge is -2.23. The fourth-order valence-corrected chi connectivity index (χ4v) is 4.65. The number of hydrogen-bond donors (Lipinski definition) is 1. The number of fused-ring (bicyclic) bond motifs is 1. The molecule has 1 unspecified atom stereocenters. The van der Waals surface area contributed by atoms with Crippen molar-refractivity contribution in [1.82, 2.24) is 5.32 Å². The van der Waals surface area contributed by atoms with Gasteiger partial charge in [-0.15, -0.1) is 0 Å². The van der Waals surface area contributed by atoms with Crippen molar-refractivity contribution in [2.24, 2.45) is 23.2 Å². The van der Waals surface area contributed by atoms with Crippen molar-refractivity contribution in [2.45, 2.75) is 46.1 Å². The number of methoxy groups -OCH3 is 1. The van der Waals surface area contributed by atoms with Crippen LogP contribution >= 0.6 is 0 Å². The summed E-state index contributed by atoms with van der Waals surface area (Å²) < 4.78 is 5.27. The third-order valence-electron chi connectivity index (χ3n) is 6.41. The highest BCUT2D eigenvalue weighted by atomic mass is 16.5. The highest BCUT2D eigenvalue weighted by Gasteiger charge is 2.65. The third-order valence-corrected chi connectivity index (χ3v) is 6.41. The molecule has 0 aliphatic heterocycles. The first-order chi connectivity index (χ1) is 11.4. The minimum absolute atomic E-state index is 0.303. The maximum Gasteiger partial charge on any atom is 0.161 e. The van der Waals surface area contributed by atoms with Crippen LogP contribution in [0.3, 0.4) is 0 Å². The monoisotopic (exact) mass is 325 g/mol. The normalized spacial score (nSPS) is 30.6. The van der Waals surface area contributed by atoms with Gasteiger partial charge in [-0.1, -0.05) is 26.0 Å². The maximum atomic E-state index is 12.4. The molecule has 1 aromatic carbocycles. The fraction of sp³-hybridized carbons (Fsp3) is 0.571. The first kappa shape index (κ1) is 15.7. The largest absolute Gasteiger partial charge is 0.497 e. The number of rotatable bonds is 5. The average molecular weight is 325 g/mol. The third kappa shape index (κ3) is 2.45. The van der Waals surface area contributed by atoms with Crippen LogP contribution in [0.25, 0.3) is 0 Å². The van der Waals surface area contributed by atoms with Crippen LogP contribution < -0.4 is 10.1 Å². The number of carbonyl (C=O) groups excluding carboxylic acids is 1. The number of Topliss-reactive ketones (excluding diaryl/α,β-unsaturated/α-hetero) is 1. The zero-order chi connectivity index (χ0) is 17.1. The molecule has 0 aromatic heterocycles. The predicted molar refractivity (Wildman–Crippen MR) is 94.7 cm³/mol. The molecule has 0 bridgehead atoms. The highest BCUT2D eigenvalue weighted by molar-refractivity contribution is 6.01. The quantitative estimate of drug-likeness (QED) is 0.822. The van der Waals surface area contributed by atoms with Gasteiger partial charge in [-0.3, -0.25) is 4.79 Å². The van der Waals surface area contributed by atoms with E-state index >= 15 is 0 Å². The van der Waals surface area contributed by atoms with Crippen molar-refractivity contribution < 1.29 is 9.53 Å². The van der Waals surface area contributed by atoms with Crippen molar-refractivity contribution >= 4 is 5.78 Å². The van der Waals surface area contributed by atoms with Gasteiger partial charge in [0.15, 0.2) is 5.78 Å². The molecule has 3 saturated carbocycles. The van der Waals surface area contributed by atoms with E-state index in [0.717, 1.165) is 23.4 Å². The Labute approximate surface area is 144 Å². The SMILES string of the molecule is COc1ccc(C(NC(C)=C2C(=O)C[C@H]3[C@@H]2C3(C)C)C2CC2)cc1. The summed E-state index contributed by atoms with van der Waals surface area (Å²) in [4.78, 5) is 12.4. The van der Waals surface area contributed by atoms with Crippen LogP contribution in [0.15, 0.2) is 35.5 Å². The second kappa shape index (κ2) is 5.37. The highest BCUT2D eigenvalue weighted by Crippen LogP contribution is 2.68. The predicted octanol–water partition coefficient (Wildman–Crippen LogP) is 4.25. The molecular formula is C21H27NO2. The lowest BCUT2D eigenvalue weighted by Crippen LogP contribution is -2.24. The van der Waals surface area contributed by atoms with Gasteiger partial charge in [0.05, 0.1) is 13.2 Å². The Bertz CT molecular complexity index is 697. The summed E-state index contributed by atoms with van der Waals surface area (Å²) in [6, 6.07) is 8.64. The van der Waals surface area contributed by atoms with Crippen LogP contribution in [-0.4, -0.2) is 12.9 Å². The van der Waals surface area contributed by atoms with Gasteiger partial charge in [0.1, 0.15) is 5.75 Å². The molecule has 128 valence electrons. The van der Waals surface area contributed by atoms with Crippen LogP contribution in [0.5, 0.6) is 5.75 Å². The Morgan fingerprint density at radius 1 is 1.25 bits per heavy atom. The Hall–Kier alpha value is -1.77. The van der Waals surface area contributed by atoms with Gasteiger partial charge in [-0.25, -0.2) is 0 Å². The smallest absolute Gasteiger partial charge is 0.161 e. The van der Waals surface area contributed by atoms with Crippen molar-refractivity contribution in [2.75, 3.05) is 7.11 Å². The van der Waals surface area contributed by atoms with E-state index in [1.54, 1.807) is 7.11 Å². The molecular weight excluding hydrogens is 298 g/mol. The lowest BCUT2D eigenvalue weighted by molar-refractivity contribution is -0.115. The molecule has 0 spiro atoms. The molecule has 3 aliphatic carbocycles. The number of nitrogens with one attached hydrogen (secondary N) is 1. The first-order valence-corrected chi connectivity index (χ1v) is 9.08. The zero-order valence-corrected chi connectivity index (χ0v) is 15.1. The summed E-state index contributed by atoms with van der Waals surface area (Å²) in [5.74, 6) is 2.95. The van der Waals surface area contributed by atoms with Crippen LogP contribution in [0.4, 0.5) is 0 Å². The molecule has 3 heteroatoms. The fourth-order valence-electron chi connectivity index (χ4n) is 4.65. The van der Waals surface area contributed by atoms with Crippen LogP contribution in [-0.2, 0) is 4.79 Å². The van der Waals surface area contributed by atoms with Crippen molar-refractivity contribution in [3.8, 4) is 5.75 Å². The van der Waals surface area contributed by atoms with E-state index in [9.17, 15) is 4.79 Å². The van der Waals surface area contributed by atoms with E-state index in [4.69, 9.17) is 4.74 Å². The van der Waals surface area contributed by atoms with Gasteiger partial charge >= 0.3 is 0 Å². The van der Waals surface area contributed by atoms with Gasteiger partial charge in [-0.2, -0.15) is 0 Å². The van der Waals surface area contributed by atoms with E-state index in [2.05, 4.69) is 38.2 Å². The number of benzene rings is 1. The van der Waals surface area contributed by atoms with Crippen molar-refractivity contribution in [3.63, 3.8) is 0 Å². The molecule has 0 amide bonds. The van der Waals surface area contributed by atoms with Gasteiger partial charge in [0, 0.05) is 17.7 Å². The summed E-state index contributed by atoms with van der Waals surface area (Å²) in [6.45, 7) is 6.69. The molecule has 0 radical (unpaired) electrons. The van der Waals surface area contributed by atoms with Gasteiger partial charge in [0.25, 0.3) is 0 Å². The summed E-state index contributed by atoms with van der Waals surface area (Å²) in [6.07, 6.45) is 3.26. The Kier molecular flexibility index (Phi) is 3.52. The molecule has 0 saturated heterocycles. The van der Waals surface area contributed by atoms with E-state index in [1.165, 1.54) is 18.4 Å². The minimum Gasteiger partial charge on any atom is -0.497 e. The molecule has 24 heavy (non-hydrogen) atoms. The second-order valence-corrected chi connectivity index (χ2v) is 8.30. The molecule has 1 aromatic rings. The standard InChI is InChI=1S/C21H27NO2/c1-12(18-17(23)11-16-19(18)21(16,2)3)22-20(13-5-6-13)14-7-9-15(24-4)10-8-14/h7-10,13,16,19-20,22H,5-6,11H2,1-4H3/t16-,19-,20?/m0/s1. The summed E-state index contributed by atoms with van der Waals surface area (Å²) >= 11 is 0. The number of hydrogen-bond acceptors (Lipinski definition) is 3. The van der Waals surface area contributed by atoms with Gasteiger partial charge < -0.3 is 10.1 Å². The van der Waals surface area contributed by atoms with Crippen LogP contribution in [0.2, 0.25) is 0 Å². The van der Waals surface area contributed by atoms with E-state index in [1.807, 2.05) is 12.1 Å². The summed E-state index contributed by atoms with van der Waals surface area (Å²) in [7, 11) is 1.69. The molecule has 0 heterocycles. The Morgan fingerprint density at radius 3 is 2.46 bits per heavy atom. The lowest BCUT2D eigenvalue weighted by atomic mass is 9.94. The maximum absolute atomic E-state index is 12.4. The molecule has 1 N–H and O–H groups in total. The minimum atomic E-state index is 0.303. The van der Waals surface area contributed by atoms with Crippen LogP contribution in [0.1, 0.15) is 51.6 Å². The van der Waals surface area contributed by atoms with Gasteiger partial charge in [-0.05, 0) is 60.6 Å². The Balaban J connectivity index is 1.59. The topological polar surface area (TPSA) is 38.3 Å². The zero-order valence-electron chi connectivity index (χ0n) is 15.1. The molecule has 3 fully saturated rings. The summed E-state index contributed by atoms with van der Waals surface area (Å²) in [5, 5.41) is 3.72. The first-order valence-electron chi connectivity index (χ1n) is 9.08. The van der Waals surface area contributed by atoms with E-state index in [0.29, 0.717) is 35.0 Å². The number of ether oxygens (including phenoxy) is 1. The van der Waals surface area contributed by atoms with Crippen LogP contribution in [0, 0.1) is 23.2 Å². The van der Waals surface area contributed by atoms with E-state index < -0.39 is 0 Å². The molecule has 3 aliphatic rings. The Morgan fingerprint density at radius 2 is 1.92 bits per heavy atom. The molecule has 4 rings (SSSR count). The molecule has 3 nitrogen and oxygen atoms in total.